The summed E-state index contributed by atoms with van der Waals surface area (Å²) >= 11 is 0. The summed E-state index contributed by atoms with van der Waals surface area (Å²) < 4.78 is 0. The molecule has 6 heteroatoms. The molecular weight excluding hydrogens is 318 g/mol. The molecule has 1 aliphatic heterocycles. The zero-order valence-corrected chi connectivity index (χ0v) is 14.7. The maximum atomic E-state index is 11.9. The van der Waals surface area contributed by atoms with Crippen molar-refractivity contribution in [1.82, 2.24) is 15.5 Å². The van der Waals surface area contributed by atoms with E-state index in [9.17, 15) is 15.0 Å². The Morgan fingerprint density at radius 2 is 1.92 bits per heavy atom. The average Bonchev–Trinajstić information content (AvgIpc) is 3.43. The number of piperidine rings is 1. The Balaban J connectivity index is 1.30. The summed E-state index contributed by atoms with van der Waals surface area (Å²) in [6, 6.07) is 6.19. The fourth-order valence-corrected chi connectivity index (χ4v) is 3.38. The molecule has 2 aliphatic rings. The predicted octanol–water partition coefficient (Wildman–Crippen LogP) is 1.85. The standard InChI is InChI=1S/C19H29N3O3/c23-17-3-1-2-16(10-17)18(24)12-21-19(25)20-11-14-6-8-22(9-7-14)13-15-4-5-15/h1-3,10,14-15,18,23-24H,4-9,11-13H2,(H2,20,21,25)/t18-/m1/s1. The number of rotatable bonds is 7. The summed E-state index contributed by atoms with van der Waals surface area (Å²) in [5, 5.41) is 25.1. The van der Waals surface area contributed by atoms with Crippen molar-refractivity contribution in [3.8, 4) is 5.75 Å². The number of urea groups is 1. The molecule has 0 unspecified atom stereocenters. The molecule has 2 amide bonds. The highest BCUT2D eigenvalue weighted by Crippen LogP contribution is 2.31. The van der Waals surface area contributed by atoms with E-state index in [4.69, 9.17) is 0 Å². The normalized spacial score (nSPS) is 20.2. The minimum absolute atomic E-state index is 0.106. The maximum Gasteiger partial charge on any atom is 0.314 e. The molecule has 0 radical (unpaired) electrons. The van der Waals surface area contributed by atoms with Crippen molar-refractivity contribution in [3.05, 3.63) is 29.8 Å². The summed E-state index contributed by atoms with van der Waals surface area (Å²) in [4.78, 5) is 14.5. The topological polar surface area (TPSA) is 84.8 Å². The van der Waals surface area contributed by atoms with Crippen molar-refractivity contribution >= 4 is 6.03 Å². The highest BCUT2D eigenvalue weighted by molar-refractivity contribution is 5.73. The lowest BCUT2D eigenvalue weighted by Crippen LogP contribution is -2.43. The van der Waals surface area contributed by atoms with Gasteiger partial charge in [-0.25, -0.2) is 4.79 Å². The van der Waals surface area contributed by atoms with Gasteiger partial charge in [-0.15, -0.1) is 0 Å². The maximum absolute atomic E-state index is 11.9. The van der Waals surface area contributed by atoms with Crippen molar-refractivity contribution in [2.45, 2.75) is 31.8 Å². The largest absolute Gasteiger partial charge is 0.508 e. The summed E-state index contributed by atoms with van der Waals surface area (Å²) in [7, 11) is 0. The third-order valence-corrected chi connectivity index (χ3v) is 5.18. The molecule has 138 valence electrons. The number of likely N-dealkylation sites (tertiary alicyclic amines) is 1. The molecular formula is C19H29N3O3. The van der Waals surface area contributed by atoms with Crippen LogP contribution in [0.25, 0.3) is 0 Å². The number of phenolic OH excluding ortho intramolecular Hbond substituents is 1. The molecule has 1 aromatic carbocycles. The number of aromatic hydroxyl groups is 1. The van der Waals surface area contributed by atoms with Crippen LogP contribution in [0.15, 0.2) is 24.3 Å². The van der Waals surface area contributed by atoms with E-state index in [0.29, 0.717) is 18.0 Å². The lowest BCUT2D eigenvalue weighted by molar-refractivity contribution is 0.167. The molecule has 0 aromatic heterocycles. The first-order valence-corrected chi connectivity index (χ1v) is 9.31. The van der Waals surface area contributed by atoms with Gasteiger partial charge in [0, 0.05) is 19.6 Å². The molecule has 6 nitrogen and oxygen atoms in total. The number of hydrogen-bond acceptors (Lipinski definition) is 4. The number of aliphatic hydroxyl groups excluding tert-OH is 1. The van der Waals surface area contributed by atoms with E-state index in [1.165, 1.54) is 25.5 Å². The van der Waals surface area contributed by atoms with E-state index in [1.54, 1.807) is 18.2 Å². The van der Waals surface area contributed by atoms with E-state index in [1.807, 2.05) is 0 Å². The molecule has 0 spiro atoms. The third kappa shape index (κ3) is 5.90. The highest BCUT2D eigenvalue weighted by atomic mass is 16.3. The Morgan fingerprint density at radius 3 is 2.60 bits per heavy atom. The van der Waals surface area contributed by atoms with Gasteiger partial charge in [0.05, 0.1) is 6.10 Å². The van der Waals surface area contributed by atoms with Crippen molar-refractivity contribution in [1.29, 1.82) is 0 Å². The monoisotopic (exact) mass is 347 g/mol. The highest BCUT2D eigenvalue weighted by Gasteiger charge is 2.27. The second-order valence-electron chi connectivity index (χ2n) is 7.39. The molecule has 1 atom stereocenters. The summed E-state index contributed by atoms with van der Waals surface area (Å²) in [6.07, 6.45) is 4.24. The molecule has 0 bridgehead atoms. The molecule has 1 saturated heterocycles. The van der Waals surface area contributed by atoms with Gasteiger partial charge in [-0.05, 0) is 68.3 Å². The molecule has 25 heavy (non-hydrogen) atoms. The summed E-state index contributed by atoms with van der Waals surface area (Å²) in [6.45, 7) is 4.34. The molecule has 4 N–H and O–H groups in total. The van der Waals surface area contributed by atoms with Crippen LogP contribution in [0.2, 0.25) is 0 Å². The van der Waals surface area contributed by atoms with Crippen LogP contribution in [0.3, 0.4) is 0 Å². The number of carbonyl (C=O) groups is 1. The van der Waals surface area contributed by atoms with Crippen molar-refractivity contribution in [2.75, 3.05) is 32.7 Å². The van der Waals surface area contributed by atoms with E-state index in [0.717, 1.165) is 31.8 Å². The third-order valence-electron chi connectivity index (χ3n) is 5.18. The van der Waals surface area contributed by atoms with Crippen LogP contribution in [-0.2, 0) is 0 Å². The minimum atomic E-state index is -0.830. The zero-order valence-electron chi connectivity index (χ0n) is 14.7. The molecule has 1 saturated carbocycles. The first-order chi connectivity index (χ1) is 12.1. The fraction of sp³-hybridized carbons (Fsp3) is 0.632. The van der Waals surface area contributed by atoms with Gasteiger partial charge in [-0.3, -0.25) is 0 Å². The second kappa shape index (κ2) is 8.54. The van der Waals surface area contributed by atoms with Crippen LogP contribution in [0, 0.1) is 11.8 Å². The van der Waals surface area contributed by atoms with Gasteiger partial charge >= 0.3 is 6.03 Å². The Kier molecular flexibility index (Phi) is 6.15. The average molecular weight is 347 g/mol. The smallest absolute Gasteiger partial charge is 0.314 e. The zero-order chi connectivity index (χ0) is 17.6. The Morgan fingerprint density at radius 1 is 1.16 bits per heavy atom. The summed E-state index contributed by atoms with van der Waals surface area (Å²) in [5.41, 5.74) is 0.586. The number of benzene rings is 1. The Hall–Kier alpha value is -1.79. The van der Waals surface area contributed by atoms with Gasteiger partial charge < -0.3 is 25.7 Å². The number of phenols is 1. The molecule has 1 heterocycles. The first kappa shape index (κ1) is 18.0. The van der Waals surface area contributed by atoms with Gasteiger partial charge in [-0.2, -0.15) is 0 Å². The number of hydrogen-bond donors (Lipinski definition) is 4. The van der Waals surface area contributed by atoms with Crippen LogP contribution < -0.4 is 10.6 Å². The quantitative estimate of drug-likeness (QED) is 0.606. The van der Waals surface area contributed by atoms with E-state index < -0.39 is 6.10 Å². The van der Waals surface area contributed by atoms with Gasteiger partial charge in [0.1, 0.15) is 5.75 Å². The second-order valence-corrected chi connectivity index (χ2v) is 7.39. The van der Waals surface area contributed by atoms with E-state index in [-0.39, 0.29) is 18.3 Å². The number of amides is 2. The molecule has 2 fully saturated rings. The number of carbonyl (C=O) groups excluding carboxylic acids is 1. The number of nitrogens with one attached hydrogen (secondary N) is 2. The van der Waals surface area contributed by atoms with Gasteiger partial charge in [0.25, 0.3) is 0 Å². The van der Waals surface area contributed by atoms with Gasteiger partial charge in [0.15, 0.2) is 0 Å². The number of aliphatic hydroxyl groups is 1. The molecule has 3 rings (SSSR count). The Labute approximate surface area is 149 Å². The first-order valence-electron chi connectivity index (χ1n) is 9.31. The fourth-order valence-electron chi connectivity index (χ4n) is 3.38. The molecule has 1 aliphatic carbocycles. The van der Waals surface area contributed by atoms with Crippen LogP contribution >= 0.6 is 0 Å². The molecule has 1 aromatic rings. The van der Waals surface area contributed by atoms with Crippen molar-refractivity contribution in [3.63, 3.8) is 0 Å². The van der Waals surface area contributed by atoms with Crippen LogP contribution in [0.4, 0.5) is 4.79 Å². The number of nitrogens with zero attached hydrogens (tertiary/aromatic N) is 1. The van der Waals surface area contributed by atoms with E-state index >= 15 is 0 Å². The van der Waals surface area contributed by atoms with Crippen LogP contribution in [-0.4, -0.2) is 53.9 Å². The lowest BCUT2D eigenvalue weighted by atomic mass is 9.96. The van der Waals surface area contributed by atoms with Gasteiger partial charge in [-0.1, -0.05) is 12.1 Å². The summed E-state index contributed by atoms with van der Waals surface area (Å²) in [5.74, 6) is 1.59. The van der Waals surface area contributed by atoms with Crippen LogP contribution in [0.5, 0.6) is 5.75 Å². The van der Waals surface area contributed by atoms with Gasteiger partial charge in [0.2, 0.25) is 0 Å². The SMILES string of the molecule is O=C(NCC1CCN(CC2CC2)CC1)NC[C@@H](O)c1cccc(O)c1. The van der Waals surface area contributed by atoms with E-state index in [2.05, 4.69) is 15.5 Å². The lowest BCUT2D eigenvalue weighted by Gasteiger charge is -2.32. The van der Waals surface area contributed by atoms with Crippen molar-refractivity contribution < 1.29 is 15.0 Å². The predicted molar refractivity (Wildman–Crippen MR) is 96.4 cm³/mol. The Bertz CT molecular complexity index is 569. The minimum Gasteiger partial charge on any atom is -0.508 e. The van der Waals surface area contributed by atoms with Crippen LogP contribution in [0.1, 0.15) is 37.4 Å². The van der Waals surface area contributed by atoms with Crippen molar-refractivity contribution in [2.24, 2.45) is 11.8 Å².